The number of carbonyl (C=O) groups excluding carboxylic acids is 1. The molecule has 1 amide bonds. The molecule has 1 saturated heterocycles. The minimum absolute atomic E-state index is 0.226. The zero-order valence-electron chi connectivity index (χ0n) is 9.55. The van der Waals surface area contributed by atoms with Gasteiger partial charge in [0, 0.05) is 12.6 Å². The highest BCUT2D eigenvalue weighted by Crippen LogP contribution is 2.16. The van der Waals surface area contributed by atoms with Crippen LogP contribution in [0.3, 0.4) is 0 Å². The van der Waals surface area contributed by atoms with Gasteiger partial charge in [0.05, 0.1) is 5.92 Å². The minimum atomic E-state index is 0.226. The van der Waals surface area contributed by atoms with Crippen molar-refractivity contribution in [3.8, 4) is 0 Å². The predicted octanol–water partition coefficient (Wildman–Crippen LogP) is 1.24. The molecule has 1 aliphatic heterocycles. The standard InChI is InChI=1S/C11H22N2O/c1-4-6-13-7-5-10(8-13)11(14)12-9(2)3/h9-10H,4-8H2,1-3H3,(H,12,14)/t10-/m1/s1. The van der Waals surface area contributed by atoms with Crippen molar-refractivity contribution < 1.29 is 4.79 Å². The lowest BCUT2D eigenvalue weighted by Crippen LogP contribution is -2.36. The van der Waals surface area contributed by atoms with Crippen LogP contribution >= 0.6 is 0 Å². The average molecular weight is 198 g/mol. The van der Waals surface area contributed by atoms with Crippen molar-refractivity contribution in [1.82, 2.24) is 10.2 Å². The molecule has 0 aromatic rings. The van der Waals surface area contributed by atoms with Crippen molar-refractivity contribution >= 4 is 5.91 Å². The van der Waals surface area contributed by atoms with Gasteiger partial charge < -0.3 is 10.2 Å². The van der Waals surface area contributed by atoms with E-state index in [-0.39, 0.29) is 17.9 Å². The summed E-state index contributed by atoms with van der Waals surface area (Å²) in [4.78, 5) is 14.0. The highest BCUT2D eigenvalue weighted by atomic mass is 16.2. The highest BCUT2D eigenvalue weighted by molar-refractivity contribution is 5.79. The van der Waals surface area contributed by atoms with Crippen LogP contribution in [0.15, 0.2) is 0 Å². The van der Waals surface area contributed by atoms with E-state index in [0.29, 0.717) is 0 Å². The van der Waals surface area contributed by atoms with E-state index in [2.05, 4.69) is 17.1 Å². The Balaban J connectivity index is 2.30. The van der Waals surface area contributed by atoms with E-state index in [4.69, 9.17) is 0 Å². The SMILES string of the molecule is CCCN1CC[C@@H](C(=O)NC(C)C)C1. The molecule has 0 spiro atoms. The molecule has 0 bridgehead atoms. The van der Waals surface area contributed by atoms with Crippen molar-refractivity contribution in [3.63, 3.8) is 0 Å². The van der Waals surface area contributed by atoms with Crippen LogP contribution < -0.4 is 5.32 Å². The van der Waals surface area contributed by atoms with Crippen LogP contribution in [0.25, 0.3) is 0 Å². The quantitative estimate of drug-likeness (QED) is 0.737. The van der Waals surface area contributed by atoms with Gasteiger partial charge >= 0.3 is 0 Å². The summed E-state index contributed by atoms with van der Waals surface area (Å²) in [6.07, 6.45) is 2.21. The lowest BCUT2D eigenvalue weighted by atomic mass is 10.1. The van der Waals surface area contributed by atoms with Crippen LogP contribution in [0.2, 0.25) is 0 Å². The molecule has 1 rings (SSSR count). The Hall–Kier alpha value is -0.570. The third kappa shape index (κ3) is 3.29. The maximum absolute atomic E-state index is 11.7. The summed E-state index contributed by atoms with van der Waals surface area (Å²) in [7, 11) is 0. The number of rotatable bonds is 4. The van der Waals surface area contributed by atoms with Gasteiger partial charge in [0.15, 0.2) is 0 Å². The van der Waals surface area contributed by atoms with Gasteiger partial charge in [0.2, 0.25) is 5.91 Å². The molecule has 0 aromatic heterocycles. The number of hydrogen-bond acceptors (Lipinski definition) is 2. The normalized spacial score (nSPS) is 23.0. The maximum atomic E-state index is 11.7. The molecule has 1 aliphatic rings. The average Bonchev–Trinajstić information content (AvgIpc) is 2.52. The number of nitrogens with zero attached hydrogens (tertiary/aromatic N) is 1. The van der Waals surface area contributed by atoms with Crippen LogP contribution in [0.4, 0.5) is 0 Å². The summed E-state index contributed by atoms with van der Waals surface area (Å²) in [6, 6.07) is 0.266. The van der Waals surface area contributed by atoms with Crippen LogP contribution in [0.1, 0.15) is 33.6 Å². The number of likely N-dealkylation sites (tertiary alicyclic amines) is 1. The fourth-order valence-electron chi connectivity index (χ4n) is 1.97. The fourth-order valence-corrected chi connectivity index (χ4v) is 1.97. The molecule has 0 saturated carbocycles. The first kappa shape index (κ1) is 11.5. The van der Waals surface area contributed by atoms with Gasteiger partial charge in [-0.3, -0.25) is 4.79 Å². The second-order valence-corrected chi connectivity index (χ2v) is 4.45. The van der Waals surface area contributed by atoms with Gasteiger partial charge in [-0.1, -0.05) is 6.92 Å². The molecule has 0 aromatic carbocycles. The van der Waals surface area contributed by atoms with Crippen LogP contribution in [-0.2, 0) is 4.79 Å². The molecule has 0 unspecified atom stereocenters. The van der Waals surface area contributed by atoms with E-state index in [1.54, 1.807) is 0 Å². The van der Waals surface area contributed by atoms with Gasteiger partial charge in [-0.05, 0) is 39.8 Å². The van der Waals surface area contributed by atoms with E-state index in [1.807, 2.05) is 13.8 Å². The van der Waals surface area contributed by atoms with Gasteiger partial charge in [0.25, 0.3) is 0 Å². The summed E-state index contributed by atoms with van der Waals surface area (Å²) < 4.78 is 0. The van der Waals surface area contributed by atoms with Gasteiger partial charge in [-0.15, -0.1) is 0 Å². The molecule has 0 radical (unpaired) electrons. The molecule has 1 N–H and O–H groups in total. The second-order valence-electron chi connectivity index (χ2n) is 4.45. The molecule has 3 nitrogen and oxygen atoms in total. The summed E-state index contributed by atoms with van der Waals surface area (Å²) in [5.41, 5.74) is 0. The summed E-state index contributed by atoms with van der Waals surface area (Å²) in [5.74, 6) is 0.461. The summed E-state index contributed by atoms with van der Waals surface area (Å²) in [5, 5.41) is 2.98. The Kier molecular flexibility index (Phi) is 4.39. The molecule has 0 aliphatic carbocycles. The number of amides is 1. The largest absolute Gasteiger partial charge is 0.354 e. The third-order valence-corrected chi connectivity index (χ3v) is 2.61. The Morgan fingerprint density at radius 1 is 1.57 bits per heavy atom. The first-order valence-electron chi connectivity index (χ1n) is 5.66. The lowest BCUT2D eigenvalue weighted by molar-refractivity contribution is -0.125. The zero-order chi connectivity index (χ0) is 10.6. The highest BCUT2D eigenvalue weighted by Gasteiger charge is 2.27. The lowest BCUT2D eigenvalue weighted by Gasteiger charge is -2.15. The molecule has 1 heterocycles. The van der Waals surface area contributed by atoms with Crippen molar-refractivity contribution in [2.75, 3.05) is 19.6 Å². The molecule has 82 valence electrons. The Labute approximate surface area is 86.9 Å². The Morgan fingerprint density at radius 3 is 2.86 bits per heavy atom. The maximum Gasteiger partial charge on any atom is 0.224 e. The second kappa shape index (κ2) is 5.35. The van der Waals surface area contributed by atoms with Crippen LogP contribution in [0.5, 0.6) is 0 Å². The molecule has 14 heavy (non-hydrogen) atoms. The van der Waals surface area contributed by atoms with Crippen LogP contribution in [0, 0.1) is 5.92 Å². The van der Waals surface area contributed by atoms with E-state index < -0.39 is 0 Å². The van der Waals surface area contributed by atoms with Crippen molar-refractivity contribution in [3.05, 3.63) is 0 Å². The number of carbonyl (C=O) groups is 1. The minimum Gasteiger partial charge on any atom is -0.354 e. The monoisotopic (exact) mass is 198 g/mol. The van der Waals surface area contributed by atoms with E-state index in [1.165, 1.54) is 6.42 Å². The molecule has 3 heteroatoms. The Bertz CT molecular complexity index is 192. The number of hydrogen-bond donors (Lipinski definition) is 1. The molecular formula is C11H22N2O. The van der Waals surface area contributed by atoms with Crippen molar-refractivity contribution in [2.24, 2.45) is 5.92 Å². The van der Waals surface area contributed by atoms with Gasteiger partial charge in [-0.25, -0.2) is 0 Å². The molecule has 1 fully saturated rings. The third-order valence-electron chi connectivity index (χ3n) is 2.61. The topological polar surface area (TPSA) is 32.3 Å². The number of nitrogens with one attached hydrogen (secondary N) is 1. The fraction of sp³-hybridized carbons (Fsp3) is 0.909. The Morgan fingerprint density at radius 2 is 2.29 bits per heavy atom. The van der Waals surface area contributed by atoms with Gasteiger partial charge in [-0.2, -0.15) is 0 Å². The summed E-state index contributed by atoms with van der Waals surface area (Å²) >= 11 is 0. The van der Waals surface area contributed by atoms with E-state index in [9.17, 15) is 4.79 Å². The summed E-state index contributed by atoms with van der Waals surface area (Å²) in [6.45, 7) is 9.37. The van der Waals surface area contributed by atoms with Crippen LogP contribution in [-0.4, -0.2) is 36.5 Å². The van der Waals surface area contributed by atoms with Gasteiger partial charge in [0.1, 0.15) is 0 Å². The zero-order valence-corrected chi connectivity index (χ0v) is 9.55. The van der Waals surface area contributed by atoms with Crippen molar-refractivity contribution in [2.45, 2.75) is 39.7 Å². The van der Waals surface area contributed by atoms with E-state index >= 15 is 0 Å². The first-order chi connectivity index (χ1) is 6.63. The van der Waals surface area contributed by atoms with Crippen molar-refractivity contribution in [1.29, 1.82) is 0 Å². The predicted molar refractivity (Wildman–Crippen MR) is 58.1 cm³/mol. The smallest absolute Gasteiger partial charge is 0.224 e. The molecular weight excluding hydrogens is 176 g/mol. The van der Waals surface area contributed by atoms with E-state index in [0.717, 1.165) is 26.1 Å². The molecule has 1 atom stereocenters. The first-order valence-corrected chi connectivity index (χ1v) is 5.66.